The molecule has 8 heteroatoms. The molecule has 1 aromatic carbocycles. The Morgan fingerprint density at radius 1 is 0.792 bits per heavy atom. The van der Waals surface area contributed by atoms with Gasteiger partial charge in [0.1, 0.15) is 0 Å². The lowest BCUT2D eigenvalue weighted by Gasteiger charge is -2.42. The Balaban J connectivity index is 3.15. The molecule has 0 aliphatic heterocycles. The first-order valence-corrected chi connectivity index (χ1v) is 20.2. The maximum absolute atomic E-state index is 12.9. The topological polar surface area (TPSA) is 27.7 Å². The molecule has 3 nitrogen and oxygen atoms in total. The van der Waals surface area contributed by atoms with Gasteiger partial charge in [-0.05, 0) is 63.6 Å². The molecule has 1 unspecified atom stereocenters. The fourth-order valence-corrected chi connectivity index (χ4v) is 20.5. The van der Waals surface area contributed by atoms with E-state index in [1.165, 1.54) is 0 Å². The normalized spacial score (nSPS) is 16.0. The van der Waals surface area contributed by atoms with Gasteiger partial charge in [0, 0.05) is 0 Å². The van der Waals surface area contributed by atoms with E-state index < -0.39 is 33.8 Å². The average molecular weight is 405 g/mol. The molecule has 0 amide bonds. The third kappa shape index (κ3) is 7.42. The SMILES string of the molecule is C[Si](C)(C)O[Si](C)(C)O[Si](C)(O[Si](C)(C)CCF)c1ccccc1. The van der Waals surface area contributed by atoms with E-state index >= 15 is 0 Å². The average Bonchev–Trinajstić information content (AvgIpc) is 2.34. The second-order valence-corrected chi connectivity index (χ2v) is 24.3. The standard InChI is InChI=1S/C16H33FO3Si4/c1-21(2,3)18-23(6,7)20-24(8,16-12-10-9-11-13-16)19-22(4,5)15-14-17/h9-13H,14-15H2,1-8H3. The fraction of sp³-hybridized carbons (Fsp3) is 0.625. The zero-order valence-electron chi connectivity index (χ0n) is 16.4. The first-order valence-electron chi connectivity index (χ1n) is 8.51. The Morgan fingerprint density at radius 3 is 1.79 bits per heavy atom. The molecule has 0 bridgehead atoms. The van der Waals surface area contributed by atoms with E-state index in [1.807, 2.05) is 18.2 Å². The summed E-state index contributed by atoms with van der Waals surface area (Å²) in [6.45, 7) is 16.6. The van der Waals surface area contributed by atoms with Gasteiger partial charge in [-0.2, -0.15) is 0 Å². The number of halogens is 1. The van der Waals surface area contributed by atoms with E-state index in [1.54, 1.807) is 0 Å². The summed E-state index contributed by atoms with van der Waals surface area (Å²) in [7, 11) is -8.88. The van der Waals surface area contributed by atoms with Crippen LogP contribution in [0.2, 0.25) is 58.4 Å². The van der Waals surface area contributed by atoms with Gasteiger partial charge < -0.3 is 12.3 Å². The molecule has 0 N–H and O–H groups in total. The maximum Gasteiger partial charge on any atom is 0.350 e. The van der Waals surface area contributed by atoms with Crippen LogP contribution in [0.15, 0.2) is 30.3 Å². The van der Waals surface area contributed by atoms with Crippen LogP contribution in [0, 0.1) is 0 Å². The second kappa shape index (κ2) is 8.06. The van der Waals surface area contributed by atoms with Gasteiger partial charge in [-0.3, -0.25) is 4.39 Å². The monoisotopic (exact) mass is 404 g/mol. The highest BCUT2D eigenvalue weighted by Gasteiger charge is 2.46. The van der Waals surface area contributed by atoms with Crippen molar-refractivity contribution in [2.75, 3.05) is 6.67 Å². The largest absolute Gasteiger partial charge is 0.437 e. The summed E-state index contributed by atoms with van der Waals surface area (Å²) >= 11 is 0. The van der Waals surface area contributed by atoms with Gasteiger partial charge in [0.15, 0.2) is 16.6 Å². The summed E-state index contributed by atoms with van der Waals surface area (Å²) in [5.74, 6) is 0. The van der Waals surface area contributed by atoms with Crippen molar-refractivity contribution in [1.29, 1.82) is 0 Å². The van der Waals surface area contributed by atoms with Crippen molar-refractivity contribution in [3.63, 3.8) is 0 Å². The van der Waals surface area contributed by atoms with Crippen LogP contribution in [-0.4, -0.2) is 40.4 Å². The zero-order chi connectivity index (χ0) is 18.6. The van der Waals surface area contributed by atoms with Crippen LogP contribution in [0.1, 0.15) is 0 Å². The van der Waals surface area contributed by atoms with E-state index in [0.29, 0.717) is 6.04 Å². The van der Waals surface area contributed by atoms with Gasteiger partial charge >= 0.3 is 17.1 Å². The molecule has 1 atom stereocenters. The molecule has 138 valence electrons. The molecule has 0 radical (unpaired) electrons. The quantitative estimate of drug-likeness (QED) is 0.557. The highest BCUT2D eigenvalue weighted by atomic mass is 28.5. The summed E-state index contributed by atoms with van der Waals surface area (Å²) in [6.07, 6.45) is 0. The molecule has 0 saturated carbocycles. The number of hydrogen-bond donors (Lipinski definition) is 0. The van der Waals surface area contributed by atoms with Gasteiger partial charge in [0.2, 0.25) is 0 Å². The molecule has 24 heavy (non-hydrogen) atoms. The third-order valence-corrected chi connectivity index (χ3v) is 17.9. The highest BCUT2D eigenvalue weighted by Crippen LogP contribution is 2.25. The molecule has 0 aliphatic rings. The van der Waals surface area contributed by atoms with E-state index in [4.69, 9.17) is 12.3 Å². The molecular formula is C16H33FO3Si4. The number of benzene rings is 1. The minimum absolute atomic E-state index is 0.343. The van der Waals surface area contributed by atoms with Crippen LogP contribution in [0.4, 0.5) is 4.39 Å². The molecule has 0 aromatic heterocycles. The highest BCUT2D eigenvalue weighted by molar-refractivity contribution is 6.95. The van der Waals surface area contributed by atoms with Gasteiger partial charge in [-0.15, -0.1) is 0 Å². The molecule has 0 saturated heterocycles. The maximum atomic E-state index is 12.9. The Hall–Kier alpha value is -0.102. The lowest BCUT2D eigenvalue weighted by Crippen LogP contribution is -2.63. The van der Waals surface area contributed by atoms with Crippen LogP contribution >= 0.6 is 0 Å². The molecule has 1 rings (SSSR count). The molecule has 0 spiro atoms. The van der Waals surface area contributed by atoms with Crippen LogP contribution < -0.4 is 5.19 Å². The van der Waals surface area contributed by atoms with Crippen LogP contribution in [-0.2, 0) is 12.3 Å². The van der Waals surface area contributed by atoms with Crippen molar-refractivity contribution in [3.05, 3.63) is 30.3 Å². The number of hydrogen-bond acceptors (Lipinski definition) is 3. The first kappa shape index (κ1) is 21.9. The van der Waals surface area contributed by atoms with Gasteiger partial charge in [0.05, 0.1) is 6.67 Å². The lowest BCUT2D eigenvalue weighted by molar-refractivity contribution is 0.334. The van der Waals surface area contributed by atoms with E-state index in [-0.39, 0.29) is 6.67 Å². The number of rotatable bonds is 9. The summed E-state index contributed by atoms with van der Waals surface area (Å²) in [5, 5.41) is 1.09. The minimum Gasteiger partial charge on any atom is -0.437 e. The van der Waals surface area contributed by atoms with Crippen molar-refractivity contribution < 1.29 is 16.7 Å². The lowest BCUT2D eigenvalue weighted by atomic mass is 10.4. The van der Waals surface area contributed by atoms with Gasteiger partial charge in [-0.1, -0.05) is 30.3 Å². The van der Waals surface area contributed by atoms with Crippen molar-refractivity contribution in [3.8, 4) is 0 Å². The van der Waals surface area contributed by atoms with Gasteiger partial charge in [0.25, 0.3) is 0 Å². The Bertz CT molecular complexity index is 520. The van der Waals surface area contributed by atoms with Crippen molar-refractivity contribution >= 4 is 38.9 Å². The molecular weight excluding hydrogens is 372 g/mol. The summed E-state index contributed by atoms with van der Waals surface area (Å²) in [6, 6.07) is 10.6. The van der Waals surface area contributed by atoms with Crippen LogP contribution in [0.5, 0.6) is 0 Å². The second-order valence-electron chi connectivity index (χ2n) is 8.33. The number of alkyl halides is 1. The first-order chi connectivity index (χ1) is 10.8. The minimum atomic E-state index is -2.68. The molecule has 0 heterocycles. The fourth-order valence-electron chi connectivity index (χ4n) is 2.91. The molecule has 1 aromatic rings. The summed E-state index contributed by atoms with van der Waals surface area (Å²) in [5.41, 5.74) is 0. The van der Waals surface area contributed by atoms with Crippen LogP contribution in [0.25, 0.3) is 0 Å². The Labute approximate surface area is 151 Å². The van der Waals surface area contributed by atoms with Gasteiger partial charge in [-0.25, -0.2) is 0 Å². The third-order valence-electron chi connectivity index (χ3n) is 3.46. The smallest absolute Gasteiger partial charge is 0.350 e. The summed E-state index contributed by atoms with van der Waals surface area (Å²) in [4.78, 5) is 0. The van der Waals surface area contributed by atoms with E-state index in [9.17, 15) is 4.39 Å². The van der Waals surface area contributed by atoms with Crippen molar-refractivity contribution in [2.45, 2.75) is 58.4 Å². The van der Waals surface area contributed by atoms with E-state index in [2.05, 4.69) is 64.5 Å². The van der Waals surface area contributed by atoms with Crippen molar-refractivity contribution in [2.24, 2.45) is 0 Å². The van der Waals surface area contributed by atoms with Crippen LogP contribution in [0.3, 0.4) is 0 Å². The van der Waals surface area contributed by atoms with E-state index in [0.717, 1.165) is 5.19 Å². The summed E-state index contributed by atoms with van der Waals surface area (Å²) < 4.78 is 32.6. The Kier molecular flexibility index (Phi) is 7.37. The molecule has 0 fully saturated rings. The zero-order valence-corrected chi connectivity index (χ0v) is 20.4. The predicted octanol–water partition coefficient (Wildman–Crippen LogP) is 4.73. The predicted molar refractivity (Wildman–Crippen MR) is 110 cm³/mol. The Morgan fingerprint density at radius 2 is 1.33 bits per heavy atom. The van der Waals surface area contributed by atoms with Crippen molar-refractivity contribution in [1.82, 2.24) is 0 Å². The molecule has 0 aliphatic carbocycles.